The van der Waals surface area contributed by atoms with Gasteiger partial charge in [0.05, 0.1) is 25.0 Å². The third kappa shape index (κ3) is 10.4. The average Bonchev–Trinajstić information content (AvgIpc) is 2.72. The Morgan fingerprint density at radius 2 is 0.848 bits per heavy atom. The number of ether oxygens (including phenoxy) is 3. The first-order valence-electron chi connectivity index (χ1n) is 12.8. The summed E-state index contributed by atoms with van der Waals surface area (Å²) in [6, 6.07) is 0. The van der Waals surface area contributed by atoms with Gasteiger partial charge in [0.2, 0.25) is 0 Å². The Morgan fingerprint density at radius 3 is 1.21 bits per heavy atom. The van der Waals surface area contributed by atoms with Gasteiger partial charge < -0.3 is 14.2 Å². The zero-order valence-electron chi connectivity index (χ0n) is 20.5. The van der Waals surface area contributed by atoms with E-state index in [1.54, 1.807) is 13.8 Å². The van der Waals surface area contributed by atoms with Crippen molar-refractivity contribution in [3.8, 4) is 0 Å². The molecule has 0 spiro atoms. The van der Waals surface area contributed by atoms with Crippen LogP contribution in [0.2, 0.25) is 0 Å². The Kier molecular flexibility index (Phi) is 12.7. The fraction of sp³-hybridized carbons (Fsp3) is 0.846. The van der Waals surface area contributed by atoms with Crippen molar-refractivity contribution in [2.75, 3.05) is 26.4 Å². The van der Waals surface area contributed by atoms with Gasteiger partial charge >= 0.3 is 11.9 Å². The quantitative estimate of drug-likeness (QED) is 0.347. The van der Waals surface area contributed by atoms with Crippen LogP contribution >= 0.6 is 0 Å². The highest BCUT2D eigenvalue weighted by molar-refractivity contribution is 5.79. The number of hydrogen-bond donors (Lipinski definition) is 0. The van der Waals surface area contributed by atoms with E-state index in [4.69, 9.17) is 14.2 Å². The summed E-state index contributed by atoms with van der Waals surface area (Å²) in [6.45, 7) is 4.14. The van der Waals surface area contributed by atoms with Crippen LogP contribution in [-0.2, 0) is 33.4 Å². The van der Waals surface area contributed by atoms with Gasteiger partial charge in [-0.2, -0.15) is 0 Å². The molecule has 4 atom stereocenters. The van der Waals surface area contributed by atoms with Crippen LogP contribution in [0, 0.1) is 23.7 Å². The highest BCUT2D eigenvalue weighted by atomic mass is 16.6. The minimum absolute atomic E-state index is 0.0737. The Hall–Kier alpha value is -1.76. The molecule has 0 saturated heterocycles. The molecule has 2 saturated carbocycles. The Morgan fingerprint density at radius 1 is 0.515 bits per heavy atom. The maximum absolute atomic E-state index is 12.4. The molecule has 0 radical (unpaired) electrons. The molecule has 2 rings (SSSR count). The summed E-state index contributed by atoms with van der Waals surface area (Å²) in [7, 11) is 0. The molecule has 0 bridgehead atoms. The summed E-state index contributed by atoms with van der Waals surface area (Å²) in [5, 5.41) is 0. The SMILES string of the molecule is CC(=O)C1CCCCC(C(=O)OCCOCCOC(=O)C2CCCCC(C(C)=O)CC2)CC1. The van der Waals surface area contributed by atoms with Gasteiger partial charge in [0.25, 0.3) is 0 Å². The highest BCUT2D eigenvalue weighted by Gasteiger charge is 2.26. The minimum atomic E-state index is -0.206. The molecular weight excluding hydrogens is 424 g/mol. The lowest BCUT2D eigenvalue weighted by atomic mass is 9.84. The van der Waals surface area contributed by atoms with Crippen LogP contribution in [0.3, 0.4) is 0 Å². The molecule has 0 aromatic rings. The molecule has 0 heterocycles. The molecule has 2 fully saturated rings. The van der Waals surface area contributed by atoms with Gasteiger partial charge in [-0.25, -0.2) is 0 Å². The van der Waals surface area contributed by atoms with Gasteiger partial charge in [-0.3, -0.25) is 19.2 Å². The van der Waals surface area contributed by atoms with Crippen LogP contribution in [0.4, 0.5) is 0 Å². The van der Waals surface area contributed by atoms with Crippen LogP contribution in [-0.4, -0.2) is 49.9 Å². The lowest BCUT2D eigenvalue weighted by Crippen LogP contribution is -2.25. The zero-order chi connectivity index (χ0) is 24.1. The van der Waals surface area contributed by atoms with Crippen molar-refractivity contribution in [2.45, 2.75) is 90.9 Å². The predicted octanol–water partition coefficient (Wildman–Crippen LogP) is 4.44. The third-order valence-electron chi connectivity index (χ3n) is 7.20. The van der Waals surface area contributed by atoms with E-state index in [1.807, 2.05) is 0 Å². The van der Waals surface area contributed by atoms with Gasteiger partial charge in [-0.1, -0.05) is 25.7 Å². The number of carbonyl (C=O) groups is 4. The molecule has 0 aromatic heterocycles. The molecule has 2 aliphatic carbocycles. The molecule has 0 aromatic carbocycles. The molecule has 188 valence electrons. The molecule has 0 aliphatic heterocycles. The fourth-order valence-electron chi connectivity index (χ4n) is 4.97. The summed E-state index contributed by atoms with van der Waals surface area (Å²) in [5.41, 5.74) is 0. The minimum Gasteiger partial charge on any atom is -0.463 e. The molecule has 2 aliphatic rings. The Labute approximate surface area is 198 Å². The summed E-state index contributed by atoms with van der Waals surface area (Å²) in [5.74, 6) is -0.112. The molecule has 0 amide bonds. The van der Waals surface area contributed by atoms with Crippen molar-refractivity contribution < 1.29 is 33.4 Å². The summed E-state index contributed by atoms with van der Waals surface area (Å²) < 4.78 is 16.2. The van der Waals surface area contributed by atoms with Crippen LogP contribution in [0.25, 0.3) is 0 Å². The average molecular weight is 467 g/mol. The number of ketones is 2. The molecule has 7 heteroatoms. The first-order chi connectivity index (χ1) is 15.9. The van der Waals surface area contributed by atoms with E-state index in [2.05, 4.69) is 0 Å². The van der Waals surface area contributed by atoms with Crippen LogP contribution in [0.15, 0.2) is 0 Å². The maximum atomic E-state index is 12.4. The molecule has 0 N–H and O–H groups in total. The Balaban J connectivity index is 1.56. The van der Waals surface area contributed by atoms with Crippen molar-refractivity contribution in [1.29, 1.82) is 0 Å². The fourth-order valence-corrected chi connectivity index (χ4v) is 4.97. The normalized spacial score (nSPS) is 26.7. The second-order valence-corrected chi connectivity index (χ2v) is 9.68. The van der Waals surface area contributed by atoms with Gasteiger partial charge in [-0.05, 0) is 65.2 Å². The van der Waals surface area contributed by atoms with E-state index in [-0.39, 0.29) is 73.6 Å². The van der Waals surface area contributed by atoms with Crippen molar-refractivity contribution in [2.24, 2.45) is 23.7 Å². The van der Waals surface area contributed by atoms with Crippen LogP contribution in [0.5, 0.6) is 0 Å². The number of rotatable bonds is 10. The van der Waals surface area contributed by atoms with Gasteiger partial charge in [0, 0.05) is 11.8 Å². The second-order valence-electron chi connectivity index (χ2n) is 9.68. The number of carbonyl (C=O) groups excluding carboxylic acids is 4. The number of esters is 2. The van der Waals surface area contributed by atoms with Gasteiger partial charge in [-0.15, -0.1) is 0 Å². The predicted molar refractivity (Wildman–Crippen MR) is 123 cm³/mol. The van der Waals surface area contributed by atoms with E-state index < -0.39 is 0 Å². The summed E-state index contributed by atoms with van der Waals surface area (Å²) in [4.78, 5) is 48.0. The van der Waals surface area contributed by atoms with Crippen molar-refractivity contribution >= 4 is 23.5 Å². The first kappa shape index (κ1) is 27.5. The number of Topliss-reactive ketones (excluding diaryl/α,β-unsaturated/α-hetero) is 2. The topological polar surface area (TPSA) is 96.0 Å². The van der Waals surface area contributed by atoms with Gasteiger partial charge in [0.15, 0.2) is 0 Å². The van der Waals surface area contributed by atoms with Crippen LogP contribution in [0.1, 0.15) is 90.9 Å². The smallest absolute Gasteiger partial charge is 0.309 e. The zero-order valence-corrected chi connectivity index (χ0v) is 20.5. The van der Waals surface area contributed by atoms with Crippen LogP contribution < -0.4 is 0 Å². The number of hydrogen-bond acceptors (Lipinski definition) is 7. The van der Waals surface area contributed by atoms with E-state index in [0.717, 1.165) is 64.2 Å². The summed E-state index contributed by atoms with van der Waals surface area (Å²) in [6.07, 6.45) is 10.3. The summed E-state index contributed by atoms with van der Waals surface area (Å²) >= 11 is 0. The largest absolute Gasteiger partial charge is 0.463 e. The van der Waals surface area contributed by atoms with Crippen molar-refractivity contribution in [3.05, 3.63) is 0 Å². The van der Waals surface area contributed by atoms with Gasteiger partial charge in [0.1, 0.15) is 24.8 Å². The van der Waals surface area contributed by atoms with E-state index in [9.17, 15) is 19.2 Å². The van der Waals surface area contributed by atoms with E-state index in [1.165, 1.54) is 0 Å². The molecule has 33 heavy (non-hydrogen) atoms. The lowest BCUT2D eigenvalue weighted by molar-refractivity contribution is -0.152. The van der Waals surface area contributed by atoms with Crippen molar-refractivity contribution in [1.82, 2.24) is 0 Å². The highest BCUT2D eigenvalue weighted by Crippen LogP contribution is 2.28. The lowest BCUT2D eigenvalue weighted by Gasteiger charge is -2.22. The Bertz CT molecular complexity index is 591. The maximum Gasteiger partial charge on any atom is 0.309 e. The monoisotopic (exact) mass is 466 g/mol. The van der Waals surface area contributed by atoms with E-state index >= 15 is 0 Å². The van der Waals surface area contributed by atoms with E-state index in [0.29, 0.717) is 12.8 Å². The first-order valence-corrected chi connectivity index (χ1v) is 12.8. The molecular formula is C26H42O7. The second kappa shape index (κ2) is 15.2. The molecule has 7 nitrogen and oxygen atoms in total. The standard InChI is InChI=1S/C26H42O7/c1-19(27)21-7-3-5-9-23(13-11-21)25(29)32-17-15-31-16-18-33-26(30)24-10-6-4-8-22(12-14-24)20(2)28/h21-24H,3-18H2,1-2H3. The molecule has 4 unspecified atom stereocenters. The van der Waals surface area contributed by atoms with Crippen molar-refractivity contribution in [3.63, 3.8) is 0 Å². The third-order valence-corrected chi connectivity index (χ3v) is 7.20.